The van der Waals surface area contributed by atoms with Gasteiger partial charge in [-0.05, 0) is 37.5 Å². The average Bonchev–Trinajstić information content (AvgIpc) is 2.40. The van der Waals surface area contributed by atoms with Crippen LogP contribution in [0.2, 0.25) is 0 Å². The van der Waals surface area contributed by atoms with E-state index in [9.17, 15) is 8.42 Å². The van der Waals surface area contributed by atoms with Gasteiger partial charge in [0.05, 0.1) is 10.1 Å². The number of nitrogens with two attached hydrogens (primary N) is 1. The molecule has 0 fully saturated rings. The van der Waals surface area contributed by atoms with Crippen molar-refractivity contribution in [1.82, 2.24) is 0 Å². The molecule has 1 heterocycles. The molecule has 2 rings (SSSR count). The summed E-state index contributed by atoms with van der Waals surface area (Å²) in [5.41, 5.74) is 7.71. The Kier molecular flexibility index (Phi) is 2.35. The molecule has 4 heteroatoms. The normalized spacial score (nSPS) is 24.9. The van der Waals surface area contributed by atoms with E-state index in [0.29, 0.717) is 11.3 Å². The Bertz CT molecular complexity index is 491. The molecular weight excluding hydrogens is 210 g/mol. The van der Waals surface area contributed by atoms with Gasteiger partial charge < -0.3 is 5.73 Å². The molecule has 15 heavy (non-hydrogen) atoms. The molecular formula is C11H15NO2S. The maximum Gasteiger partial charge on any atom is 0.183 e. The summed E-state index contributed by atoms with van der Waals surface area (Å²) in [5.74, 6) is 0. The molecule has 0 bridgehead atoms. The summed E-state index contributed by atoms with van der Waals surface area (Å²) < 4.78 is 24.2. The second-order valence-corrected chi connectivity index (χ2v) is 6.33. The molecule has 3 nitrogen and oxygen atoms in total. The Morgan fingerprint density at radius 1 is 1.47 bits per heavy atom. The zero-order valence-corrected chi connectivity index (χ0v) is 9.71. The van der Waals surface area contributed by atoms with Crippen LogP contribution >= 0.6 is 0 Å². The maximum absolute atomic E-state index is 12.1. The fourth-order valence-electron chi connectivity index (χ4n) is 2.15. The minimum Gasteiger partial charge on any atom is -0.327 e. The third kappa shape index (κ3) is 1.48. The summed E-state index contributed by atoms with van der Waals surface area (Å²) in [7, 11) is -3.19. The van der Waals surface area contributed by atoms with E-state index in [1.54, 1.807) is 19.1 Å². The lowest BCUT2D eigenvalue weighted by Gasteiger charge is -2.12. The van der Waals surface area contributed by atoms with Gasteiger partial charge >= 0.3 is 0 Å². The molecule has 2 N–H and O–H groups in total. The van der Waals surface area contributed by atoms with Gasteiger partial charge in [0.2, 0.25) is 0 Å². The van der Waals surface area contributed by atoms with Crippen molar-refractivity contribution >= 4 is 9.84 Å². The molecule has 1 aliphatic rings. The summed E-state index contributed by atoms with van der Waals surface area (Å²) in [6, 6.07) is 5.09. The number of aryl methyl sites for hydroxylation is 1. The van der Waals surface area contributed by atoms with Crippen molar-refractivity contribution < 1.29 is 8.42 Å². The van der Waals surface area contributed by atoms with Crippen LogP contribution in [0.25, 0.3) is 0 Å². The van der Waals surface area contributed by atoms with Crippen LogP contribution in [0.5, 0.6) is 0 Å². The third-order valence-corrected chi connectivity index (χ3v) is 5.45. The van der Waals surface area contributed by atoms with E-state index in [4.69, 9.17) is 5.73 Å². The van der Waals surface area contributed by atoms with Gasteiger partial charge in [0.25, 0.3) is 0 Å². The lowest BCUT2D eigenvalue weighted by molar-refractivity contribution is 0.569. The highest BCUT2D eigenvalue weighted by Gasteiger charge is 2.39. The van der Waals surface area contributed by atoms with Crippen molar-refractivity contribution in [3.05, 3.63) is 29.3 Å². The van der Waals surface area contributed by atoms with Crippen LogP contribution in [-0.2, 0) is 16.3 Å². The monoisotopic (exact) mass is 225 g/mol. The van der Waals surface area contributed by atoms with E-state index in [2.05, 4.69) is 0 Å². The second kappa shape index (κ2) is 3.32. The summed E-state index contributed by atoms with van der Waals surface area (Å²) >= 11 is 0. The second-order valence-electron chi connectivity index (χ2n) is 4.20. The van der Waals surface area contributed by atoms with Gasteiger partial charge in [-0.1, -0.05) is 12.1 Å². The fraction of sp³-hybridized carbons (Fsp3) is 0.455. The van der Waals surface area contributed by atoms with Gasteiger partial charge in [-0.3, -0.25) is 0 Å². The van der Waals surface area contributed by atoms with Crippen LogP contribution in [0.4, 0.5) is 0 Å². The lowest BCUT2D eigenvalue weighted by atomic mass is 10.0. The van der Waals surface area contributed by atoms with Gasteiger partial charge in [-0.25, -0.2) is 8.42 Å². The predicted molar refractivity (Wildman–Crippen MR) is 59.5 cm³/mol. The van der Waals surface area contributed by atoms with E-state index in [1.165, 1.54) is 0 Å². The van der Waals surface area contributed by atoms with Gasteiger partial charge in [0.15, 0.2) is 9.84 Å². The van der Waals surface area contributed by atoms with E-state index in [0.717, 1.165) is 11.1 Å². The minimum absolute atomic E-state index is 0.318. The predicted octanol–water partition coefficient (Wildman–Crippen LogP) is 1.04. The number of benzene rings is 1. The summed E-state index contributed by atoms with van der Waals surface area (Å²) in [4.78, 5) is 0.477. The van der Waals surface area contributed by atoms with Crippen LogP contribution in [0, 0.1) is 6.92 Å². The zero-order valence-electron chi connectivity index (χ0n) is 8.90. The van der Waals surface area contributed by atoms with Crippen molar-refractivity contribution in [1.29, 1.82) is 0 Å². The highest BCUT2D eigenvalue weighted by molar-refractivity contribution is 7.92. The smallest absolute Gasteiger partial charge is 0.183 e. The molecule has 0 radical (unpaired) electrons. The van der Waals surface area contributed by atoms with Crippen molar-refractivity contribution in [2.24, 2.45) is 5.73 Å². The highest BCUT2D eigenvalue weighted by atomic mass is 32.2. The molecule has 2 atom stereocenters. The topological polar surface area (TPSA) is 60.2 Å². The largest absolute Gasteiger partial charge is 0.327 e. The van der Waals surface area contributed by atoms with Crippen molar-refractivity contribution in [2.45, 2.75) is 36.5 Å². The van der Waals surface area contributed by atoms with E-state index >= 15 is 0 Å². The van der Waals surface area contributed by atoms with Crippen LogP contribution < -0.4 is 5.73 Å². The molecule has 0 amide bonds. The van der Waals surface area contributed by atoms with Gasteiger partial charge in [-0.15, -0.1) is 0 Å². The van der Waals surface area contributed by atoms with Crippen LogP contribution in [-0.4, -0.2) is 19.7 Å². The molecule has 0 saturated heterocycles. The number of rotatable bonds is 1. The van der Waals surface area contributed by atoms with Gasteiger partial charge in [0.1, 0.15) is 0 Å². The quantitative estimate of drug-likeness (QED) is 0.777. The molecule has 1 aliphatic heterocycles. The Hall–Kier alpha value is -0.870. The van der Waals surface area contributed by atoms with Crippen molar-refractivity contribution in [3.63, 3.8) is 0 Å². The SMILES string of the molecule is Cc1cccc2c1CC(C(C)N)S2(=O)=O. The van der Waals surface area contributed by atoms with Crippen LogP contribution in [0.15, 0.2) is 23.1 Å². The molecule has 1 aromatic carbocycles. The highest BCUT2D eigenvalue weighted by Crippen LogP contribution is 2.34. The fourth-order valence-corrected chi connectivity index (χ4v) is 4.28. The summed E-state index contributed by atoms with van der Waals surface area (Å²) in [6.07, 6.45) is 0.558. The molecule has 2 unspecified atom stereocenters. The van der Waals surface area contributed by atoms with E-state index < -0.39 is 15.1 Å². The molecule has 0 saturated carbocycles. The van der Waals surface area contributed by atoms with E-state index in [-0.39, 0.29) is 6.04 Å². The lowest BCUT2D eigenvalue weighted by Crippen LogP contribution is -2.36. The number of sulfone groups is 1. The number of hydrogen-bond donors (Lipinski definition) is 1. The van der Waals surface area contributed by atoms with Crippen LogP contribution in [0.3, 0.4) is 0 Å². The Morgan fingerprint density at radius 2 is 2.13 bits per heavy atom. The number of hydrogen-bond acceptors (Lipinski definition) is 3. The van der Waals surface area contributed by atoms with Crippen LogP contribution in [0.1, 0.15) is 18.1 Å². The molecule has 0 spiro atoms. The average molecular weight is 225 g/mol. The first kappa shape index (κ1) is 10.6. The molecule has 82 valence electrons. The first-order valence-electron chi connectivity index (χ1n) is 5.02. The standard InChI is InChI=1S/C11H15NO2S/c1-7-4-3-5-10-9(7)6-11(8(2)12)15(10,13)14/h3-5,8,11H,6,12H2,1-2H3. The Morgan fingerprint density at radius 3 is 2.67 bits per heavy atom. The summed E-state index contributed by atoms with van der Waals surface area (Å²) in [6.45, 7) is 3.70. The third-order valence-electron chi connectivity index (χ3n) is 3.06. The van der Waals surface area contributed by atoms with Gasteiger partial charge in [0, 0.05) is 6.04 Å². The summed E-state index contributed by atoms with van der Waals surface area (Å²) in [5, 5.41) is -0.450. The minimum atomic E-state index is -3.19. The molecule has 1 aromatic rings. The first-order valence-corrected chi connectivity index (χ1v) is 6.57. The molecule has 0 aromatic heterocycles. The van der Waals surface area contributed by atoms with Crippen molar-refractivity contribution in [2.75, 3.05) is 0 Å². The van der Waals surface area contributed by atoms with Gasteiger partial charge in [-0.2, -0.15) is 0 Å². The molecule has 0 aliphatic carbocycles. The Labute approximate surface area is 90.2 Å². The first-order chi connectivity index (χ1) is 6.94. The van der Waals surface area contributed by atoms with E-state index in [1.807, 2.05) is 13.0 Å². The maximum atomic E-state index is 12.1. The van der Waals surface area contributed by atoms with Crippen molar-refractivity contribution in [3.8, 4) is 0 Å². The zero-order chi connectivity index (χ0) is 11.2. The number of fused-ring (bicyclic) bond motifs is 1. The Balaban J connectivity index is 2.62.